The molecular formula is C21H27N5. The Labute approximate surface area is 155 Å². The zero-order valence-electron chi connectivity index (χ0n) is 16.1. The highest BCUT2D eigenvalue weighted by Gasteiger charge is 2.19. The van der Waals surface area contributed by atoms with Gasteiger partial charge in [-0.2, -0.15) is 5.10 Å². The third-order valence-electron chi connectivity index (χ3n) is 5.38. The Bertz CT molecular complexity index is 920. The molecule has 4 rings (SSSR count). The minimum Gasteiger partial charge on any atom is -0.371 e. The summed E-state index contributed by atoms with van der Waals surface area (Å²) >= 11 is 0. The number of nitrogens with zero attached hydrogens (tertiary/aromatic N) is 5. The summed E-state index contributed by atoms with van der Waals surface area (Å²) in [6, 6.07) is 9.25. The molecule has 0 spiro atoms. The zero-order valence-corrected chi connectivity index (χ0v) is 16.1. The number of rotatable bonds is 5. The quantitative estimate of drug-likeness (QED) is 0.699. The van der Waals surface area contributed by atoms with Crippen LogP contribution in [0.5, 0.6) is 0 Å². The van der Waals surface area contributed by atoms with Gasteiger partial charge in [-0.25, -0.2) is 4.98 Å². The molecule has 0 N–H and O–H groups in total. The molecule has 1 atom stereocenters. The lowest BCUT2D eigenvalue weighted by atomic mass is 10.1. The van der Waals surface area contributed by atoms with Crippen LogP contribution >= 0.6 is 0 Å². The van der Waals surface area contributed by atoms with Gasteiger partial charge in [-0.1, -0.05) is 6.07 Å². The normalized spacial score (nSPS) is 14.7. The van der Waals surface area contributed by atoms with Gasteiger partial charge in [0.05, 0.1) is 30.0 Å². The summed E-state index contributed by atoms with van der Waals surface area (Å²) < 4.78 is 4.36. The summed E-state index contributed by atoms with van der Waals surface area (Å²) in [5, 5.41) is 4.64. The van der Waals surface area contributed by atoms with Crippen LogP contribution in [0, 0.1) is 13.8 Å². The number of fused-ring (bicyclic) bond motifs is 1. The molecule has 0 amide bonds. The summed E-state index contributed by atoms with van der Waals surface area (Å²) in [5.74, 6) is 0. The topological polar surface area (TPSA) is 38.9 Å². The van der Waals surface area contributed by atoms with Gasteiger partial charge in [0.1, 0.15) is 0 Å². The summed E-state index contributed by atoms with van der Waals surface area (Å²) in [7, 11) is 0. The second-order valence-electron chi connectivity index (χ2n) is 7.33. The van der Waals surface area contributed by atoms with Crippen molar-refractivity contribution in [2.24, 2.45) is 0 Å². The number of aryl methyl sites for hydroxylation is 2. The van der Waals surface area contributed by atoms with E-state index in [1.54, 1.807) is 0 Å². The molecule has 0 bridgehead atoms. The van der Waals surface area contributed by atoms with E-state index in [9.17, 15) is 0 Å². The van der Waals surface area contributed by atoms with Gasteiger partial charge in [0, 0.05) is 36.6 Å². The van der Waals surface area contributed by atoms with Crippen LogP contribution in [0.25, 0.3) is 11.3 Å². The minimum absolute atomic E-state index is 0.279. The molecule has 0 unspecified atom stereocenters. The predicted octanol–water partition coefficient (Wildman–Crippen LogP) is 4.01. The van der Waals surface area contributed by atoms with Crippen molar-refractivity contribution >= 4 is 5.69 Å². The molecule has 0 fully saturated rings. The molecule has 0 radical (unpaired) electrons. The van der Waals surface area contributed by atoms with Crippen molar-refractivity contribution in [2.45, 2.75) is 46.7 Å². The Kier molecular flexibility index (Phi) is 4.31. The van der Waals surface area contributed by atoms with E-state index in [1.807, 2.05) is 19.4 Å². The number of likely N-dealkylation sites (N-methyl/N-ethyl adjacent to an activating group) is 1. The van der Waals surface area contributed by atoms with Crippen molar-refractivity contribution in [3.63, 3.8) is 0 Å². The molecule has 0 saturated carbocycles. The van der Waals surface area contributed by atoms with Gasteiger partial charge in [0.25, 0.3) is 0 Å². The first-order valence-corrected chi connectivity index (χ1v) is 9.48. The van der Waals surface area contributed by atoms with Crippen LogP contribution in [0.4, 0.5) is 5.69 Å². The summed E-state index contributed by atoms with van der Waals surface area (Å²) in [5.41, 5.74) is 7.53. The molecule has 5 heteroatoms. The smallest absolute Gasteiger partial charge is 0.0951 e. The van der Waals surface area contributed by atoms with Crippen LogP contribution in [-0.2, 0) is 13.0 Å². The van der Waals surface area contributed by atoms with Crippen LogP contribution in [0.15, 0.2) is 36.8 Å². The van der Waals surface area contributed by atoms with Gasteiger partial charge in [-0.05, 0) is 57.9 Å². The number of aromatic nitrogens is 4. The fourth-order valence-corrected chi connectivity index (χ4v) is 4.12. The van der Waals surface area contributed by atoms with Gasteiger partial charge in [-0.15, -0.1) is 0 Å². The lowest BCUT2D eigenvalue weighted by Crippen LogP contribution is -2.19. The second kappa shape index (κ2) is 6.63. The van der Waals surface area contributed by atoms with E-state index < -0.39 is 0 Å². The largest absolute Gasteiger partial charge is 0.371 e. The van der Waals surface area contributed by atoms with E-state index >= 15 is 0 Å². The van der Waals surface area contributed by atoms with Gasteiger partial charge < -0.3 is 9.47 Å². The van der Waals surface area contributed by atoms with Crippen LogP contribution in [0.3, 0.4) is 0 Å². The highest BCUT2D eigenvalue weighted by molar-refractivity contribution is 5.68. The monoisotopic (exact) mass is 349 g/mol. The Morgan fingerprint density at radius 3 is 2.77 bits per heavy atom. The van der Waals surface area contributed by atoms with Crippen LogP contribution in [-0.4, -0.2) is 32.4 Å². The molecule has 1 aliphatic rings. The van der Waals surface area contributed by atoms with Gasteiger partial charge in [-0.3, -0.25) is 4.68 Å². The third kappa shape index (κ3) is 2.91. The van der Waals surface area contributed by atoms with E-state index in [2.05, 4.69) is 69.3 Å². The van der Waals surface area contributed by atoms with Crippen molar-refractivity contribution in [1.82, 2.24) is 19.3 Å². The molecule has 1 aliphatic heterocycles. The lowest BCUT2D eigenvalue weighted by Gasteiger charge is -2.18. The van der Waals surface area contributed by atoms with E-state index in [-0.39, 0.29) is 6.04 Å². The number of imidazole rings is 1. The Balaban J connectivity index is 1.61. The molecule has 0 aliphatic carbocycles. The highest BCUT2D eigenvalue weighted by Crippen LogP contribution is 2.32. The predicted molar refractivity (Wildman–Crippen MR) is 106 cm³/mol. The van der Waals surface area contributed by atoms with E-state index in [1.165, 1.54) is 28.2 Å². The van der Waals surface area contributed by atoms with Gasteiger partial charge >= 0.3 is 0 Å². The molecule has 3 heterocycles. The molecule has 1 aromatic carbocycles. The fourth-order valence-electron chi connectivity index (χ4n) is 4.12. The average molecular weight is 349 g/mol. The summed E-state index contributed by atoms with van der Waals surface area (Å²) in [6.45, 7) is 11.7. The molecular weight excluding hydrogens is 322 g/mol. The van der Waals surface area contributed by atoms with Crippen molar-refractivity contribution in [3.8, 4) is 11.3 Å². The summed E-state index contributed by atoms with van der Waals surface area (Å²) in [6.07, 6.45) is 5.04. The van der Waals surface area contributed by atoms with E-state index in [4.69, 9.17) is 0 Å². The summed E-state index contributed by atoms with van der Waals surface area (Å²) in [4.78, 5) is 6.87. The van der Waals surface area contributed by atoms with Crippen molar-refractivity contribution in [1.29, 1.82) is 0 Å². The maximum atomic E-state index is 4.64. The highest BCUT2D eigenvalue weighted by atomic mass is 15.3. The van der Waals surface area contributed by atoms with Crippen LogP contribution < -0.4 is 4.90 Å². The standard InChI is InChI=1S/C21H27N5/c1-5-24-9-8-19-11-18(6-7-20(19)24)21-12-22-14-25(21)13-17(4)26-16(3)10-15(2)23-26/h6-7,10-12,14,17H,5,8-9,13H2,1-4H3/t17-/m1/s1. The average Bonchev–Trinajstić information content (AvgIpc) is 3.32. The van der Waals surface area contributed by atoms with E-state index in [0.717, 1.165) is 31.7 Å². The fraction of sp³-hybridized carbons (Fsp3) is 0.429. The molecule has 2 aromatic heterocycles. The first-order chi connectivity index (χ1) is 12.6. The molecule has 5 nitrogen and oxygen atoms in total. The zero-order chi connectivity index (χ0) is 18.3. The van der Waals surface area contributed by atoms with Crippen LogP contribution in [0.1, 0.15) is 36.8 Å². The number of benzene rings is 1. The van der Waals surface area contributed by atoms with Gasteiger partial charge in [0.2, 0.25) is 0 Å². The molecule has 26 heavy (non-hydrogen) atoms. The van der Waals surface area contributed by atoms with Crippen molar-refractivity contribution < 1.29 is 0 Å². The molecule has 0 saturated heterocycles. The second-order valence-corrected chi connectivity index (χ2v) is 7.33. The maximum absolute atomic E-state index is 4.64. The number of anilines is 1. The lowest BCUT2D eigenvalue weighted by molar-refractivity contribution is 0.418. The SMILES string of the molecule is CCN1CCc2cc(-c3cncn3C[C@@H](C)n3nc(C)cc3C)ccc21. The Hall–Kier alpha value is -2.56. The first kappa shape index (κ1) is 16.9. The first-order valence-electron chi connectivity index (χ1n) is 9.48. The molecule has 3 aromatic rings. The van der Waals surface area contributed by atoms with Crippen molar-refractivity contribution in [3.05, 3.63) is 53.7 Å². The maximum Gasteiger partial charge on any atom is 0.0951 e. The minimum atomic E-state index is 0.279. The number of hydrogen-bond donors (Lipinski definition) is 0. The number of hydrogen-bond acceptors (Lipinski definition) is 3. The third-order valence-corrected chi connectivity index (χ3v) is 5.38. The van der Waals surface area contributed by atoms with Gasteiger partial charge in [0.15, 0.2) is 0 Å². The van der Waals surface area contributed by atoms with Crippen LogP contribution in [0.2, 0.25) is 0 Å². The Morgan fingerprint density at radius 2 is 2.04 bits per heavy atom. The van der Waals surface area contributed by atoms with Crippen molar-refractivity contribution in [2.75, 3.05) is 18.0 Å². The van der Waals surface area contributed by atoms with E-state index in [0.29, 0.717) is 0 Å². The Morgan fingerprint density at radius 1 is 1.19 bits per heavy atom. The molecule has 136 valence electrons.